The summed E-state index contributed by atoms with van der Waals surface area (Å²) in [7, 11) is -3.51. The maximum Gasteiger partial charge on any atom is 0.203 e. The Labute approximate surface area is 146 Å². The van der Waals surface area contributed by atoms with Crippen molar-refractivity contribution in [2.24, 2.45) is 0 Å². The molecular formula is C16H14BrNO5S. The van der Waals surface area contributed by atoms with Gasteiger partial charge in [-0.3, -0.25) is 9.36 Å². The minimum Gasteiger partial charge on any atom is -0.494 e. The number of halogens is 1. The first-order chi connectivity index (χ1) is 11.2. The van der Waals surface area contributed by atoms with Crippen molar-refractivity contribution in [3.05, 3.63) is 39.4 Å². The minimum absolute atomic E-state index is 0.142. The molecule has 0 spiro atoms. The van der Waals surface area contributed by atoms with Crippen molar-refractivity contribution in [2.75, 3.05) is 5.75 Å². The number of rotatable bonds is 1. The molecule has 1 fully saturated rings. The van der Waals surface area contributed by atoms with Crippen LogP contribution in [0.3, 0.4) is 0 Å². The zero-order chi connectivity index (χ0) is 17.4. The van der Waals surface area contributed by atoms with Gasteiger partial charge < -0.3 is 10.2 Å². The largest absolute Gasteiger partial charge is 0.494 e. The summed E-state index contributed by atoms with van der Waals surface area (Å²) in [5.74, 6) is -1.99. The predicted octanol–water partition coefficient (Wildman–Crippen LogP) is 2.49. The van der Waals surface area contributed by atoms with Crippen molar-refractivity contribution in [1.82, 2.24) is 4.57 Å². The van der Waals surface area contributed by atoms with Crippen molar-refractivity contribution < 1.29 is 23.4 Å². The monoisotopic (exact) mass is 411 g/mol. The fourth-order valence-electron chi connectivity index (χ4n) is 3.67. The number of fused-ring (bicyclic) bond motifs is 2. The molecule has 1 aliphatic carbocycles. The van der Waals surface area contributed by atoms with Crippen LogP contribution in [0.4, 0.5) is 0 Å². The third-order valence-corrected chi connectivity index (χ3v) is 7.83. The molecule has 126 valence electrons. The molecule has 6 nitrogen and oxygen atoms in total. The van der Waals surface area contributed by atoms with E-state index in [1.54, 1.807) is 18.2 Å². The Morgan fingerprint density at radius 3 is 2.54 bits per heavy atom. The van der Waals surface area contributed by atoms with Crippen LogP contribution in [-0.2, 0) is 14.6 Å². The molecule has 5 rings (SSSR count). The summed E-state index contributed by atoms with van der Waals surface area (Å²) in [6.45, 7) is 1.86. The highest BCUT2D eigenvalue weighted by Gasteiger charge is 2.52. The number of hydrogen-bond acceptors (Lipinski definition) is 5. The lowest BCUT2D eigenvalue weighted by Crippen LogP contribution is -2.39. The zero-order valence-corrected chi connectivity index (χ0v) is 15.1. The number of nitrogens with zero attached hydrogens (tertiary/aromatic N) is 1. The van der Waals surface area contributed by atoms with Gasteiger partial charge in [0.1, 0.15) is 5.78 Å². The molecule has 1 saturated heterocycles. The lowest BCUT2D eigenvalue weighted by Gasteiger charge is -2.34. The van der Waals surface area contributed by atoms with Gasteiger partial charge in [-0.15, -0.1) is 0 Å². The van der Waals surface area contributed by atoms with E-state index in [4.69, 9.17) is 0 Å². The maximum absolute atomic E-state index is 12.3. The summed E-state index contributed by atoms with van der Waals surface area (Å²) in [5, 5.41) is 20.2. The van der Waals surface area contributed by atoms with Gasteiger partial charge in [0.25, 0.3) is 0 Å². The first kappa shape index (κ1) is 15.7. The predicted molar refractivity (Wildman–Crippen MR) is 90.4 cm³/mol. The van der Waals surface area contributed by atoms with Crippen molar-refractivity contribution in [2.45, 2.75) is 24.5 Å². The van der Waals surface area contributed by atoms with E-state index in [0.717, 1.165) is 10.0 Å². The average Bonchev–Trinajstić information content (AvgIpc) is 2.76. The molecule has 1 aromatic heterocycles. The number of aromatic nitrogens is 1. The number of benzene rings is 1. The number of aryl methyl sites for hydroxylation is 1. The van der Waals surface area contributed by atoms with Crippen LogP contribution in [0, 0.1) is 6.92 Å². The first-order valence-electron chi connectivity index (χ1n) is 7.39. The van der Waals surface area contributed by atoms with Gasteiger partial charge in [-0.05, 0) is 30.7 Å². The Kier molecular flexibility index (Phi) is 3.18. The number of hydrogen-bond donors (Lipinski definition) is 2. The van der Waals surface area contributed by atoms with Crippen LogP contribution in [0.5, 0.6) is 11.8 Å². The van der Waals surface area contributed by atoms with E-state index in [9.17, 15) is 23.4 Å². The molecular weight excluding hydrogens is 398 g/mol. The highest BCUT2D eigenvalue weighted by molar-refractivity contribution is 9.10. The number of Topliss-reactive ketones (excluding diaryl/α,β-unsaturated/α-hetero) is 1. The average molecular weight is 412 g/mol. The lowest BCUT2D eigenvalue weighted by atomic mass is 9.84. The number of carbonyl (C=O) groups is 1. The van der Waals surface area contributed by atoms with Gasteiger partial charge in [0.05, 0.1) is 22.6 Å². The zero-order valence-electron chi connectivity index (χ0n) is 12.7. The van der Waals surface area contributed by atoms with E-state index in [-0.39, 0.29) is 40.8 Å². The lowest BCUT2D eigenvalue weighted by molar-refractivity contribution is -0.121. The standard InChI is InChI=1S/C16H14BrNO5S/c1-7-4-8(2-3-10(7)17)18-15(20)13-9-6-24(22,23)12(5-11(9)19)14(13)16(18)21/h2-4,9,12,20-21H,5-6H2,1H3. The summed E-state index contributed by atoms with van der Waals surface area (Å²) in [6.07, 6.45) is -0.142. The van der Waals surface area contributed by atoms with Gasteiger partial charge in [-0.2, -0.15) is 0 Å². The van der Waals surface area contributed by atoms with Gasteiger partial charge in [0.2, 0.25) is 11.8 Å². The summed E-state index contributed by atoms with van der Waals surface area (Å²) < 4.78 is 26.7. The van der Waals surface area contributed by atoms with E-state index in [2.05, 4.69) is 15.9 Å². The van der Waals surface area contributed by atoms with E-state index < -0.39 is 21.0 Å². The topological polar surface area (TPSA) is 96.6 Å². The SMILES string of the molecule is Cc1cc(-n2c(O)c3c(c2O)C2CC(=O)C3CS2(=O)=O)ccc1Br. The molecule has 2 unspecified atom stereocenters. The summed E-state index contributed by atoms with van der Waals surface area (Å²) >= 11 is 3.39. The van der Waals surface area contributed by atoms with Crippen molar-refractivity contribution in [3.63, 3.8) is 0 Å². The Morgan fingerprint density at radius 1 is 1.21 bits per heavy atom. The van der Waals surface area contributed by atoms with Crippen LogP contribution in [0.2, 0.25) is 0 Å². The molecule has 2 aromatic rings. The van der Waals surface area contributed by atoms with Gasteiger partial charge in [-0.25, -0.2) is 8.42 Å². The molecule has 2 aliphatic heterocycles. The maximum atomic E-state index is 12.3. The first-order valence-corrected chi connectivity index (χ1v) is 9.90. The van der Waals surface area contributed by atoms with Crippen LogP contribution in [0.15, 0.2) is 22.7 Å². The number of aromatic hydroxyl groups is 2. The second kappa shape index (κ2) is 4.86. The van der Waals surface area contributed by atoms with Crippen LogP contribution in [-0.4, -0.2) is 34.7 Å². The van der Waals surface area contributed by atoms with Crippen LogP contribution in [0.1, 0.15) is 34.3 Å². The summed E-state index contributed by atoms with van der Waals surface area (Å²) in [6, 6.07) is 5.23. The molecule has 3 aliphatic rings. The molecule has 0 saturated carbocycles. The molecule has 0 radical (unpaired) electrons. The molecule has 0 amide bonds. The van der Waals surface area contributed by atoms with E-state index in [1.807, 2.05) is 6.92 Å². The molecule has 1 aromatic carbocycles. The molecule has 2 bridgehead atoms. The number of carbonyl (C=O) groups excluding carboxylic acids is 1. The number of ketones is 1. The Balaban J connectivity index is 2.01. The fourth-order valence-corrected chi connectivity index (χ4v) is 5.98. The van der Waals surface area contributed by atoms with E-state index >= 15 is 0 Å². The van der Waals surface area contributed by atoms with Crippen molar-refractivity contribution in [3.8, 4) is 17.4 Å². The molecule has 24 heavy (non-hydrogen) atoms. The van der Waals surface area contributed by atoms with Crippen molar-refractivity contribution in [1.29, 1.82) is 0 Å². The normalized spacial score (nSPS) is 24.2. The van der Waals surface area contributed by atoms with Gasteiger partial charge in [0, 0.05) is 22.0 Å². The van der Waals surface area contributed by atoms with E-state index in [0.29, 0.717) is 5.69 Å². The fraction of sp³-hybridized carbons (Fsp3) is 0.312. The second-order valence-electron chi connectivity index (χ2n) is 6.28. The second-order valence-corrected chi connectivity index (χ2v) is 9.37. The minimum atomic E-state index is -3.51. The summed E-state index contributed by atoms with van der Waals surface area (Å²) in [4.78, 5) is 12.1. The Morgan fingerprint density at radius 2 is 1.88 bits per heavy atom. The molecule has 2 N–H and O–H groups in total. The smallest absolute Gasteiger partial charge is 0.203 e. The highest BCUT2D eigenvalue weighted by atomic mass is 79.9. The van der Waals surface area contributed by atoms with Gasteiger partial charge in [-0.1, -0.05) is 15.9 Å². The molecule has 8 heteroatoms. The molecule has 3 heterocycles. The summed E-state index contributed by atoms with van der Waals surface area (Å²) in [5.41, 5.74) is 1.82. The van der Waals surface area contributed by atoms with Gasteiger partial charge in [0.15, 0.2) is 9.84 Å². The Bertz CT molecular complexity index is 1010. The molecule has 2 atom stereocenters. The van der Waals surface area contributed by atoms with Crippen LogP contribution >= 0.6 is 15.9 Å². The van der Waals surface area contributed by atoms with Crippen molar-refractivity contribution >= 4 is 31.6 Å². The van der Waals surface area contributed by atoms with Crippen LogP contribution < -0.4 is 0 Å². The number of sulfone groups is 1. The third kappa shape index (κ3) is 1.92. The quantitative estimate of drug-likeness (QED) is 0.750. The van der Waals surface area contributed by atoms with Crippen LogP contribution in [0.25, 0.3) is 5.69 Å². The van der Waals surface area contributed by atoms with Gasteiger partial charge >= 0.3 is 0 Å². The Hall–Kier alpha value is -1.80. The third-order valence-electron chi connectivity index (χ3n) is 4.87. The van der Waals surface area contributed by atoms with E-state index in [1.165, 1.54) is 4.57 Å². The highest BCUT2D eigenvalue weighted by Crippen LogP contribution is 2.55.